The van der Waals surface area contributed by atoms with Crippen LogP contribution in [0.2, 0.25) is 0 Å². The van der Waals surface area contributed by atoms with Crippen molar-refractivity contribution in [2.45, 2.75) is 0 Å². The highest BCUT2D eigenvalue weighted by atomic mass is 15.1. The summed E-state index contributed by atoms with van der Waals surface area (Å²) in [6.07, 6.45) is 0. The molecular formula is C92H60N2. The first-order chi connectivity index (χ1) is 46.6. The molecule has 0 spiro atoms. The Morgan fingerprint density at radius 3 is 1.01 bits per heavy atom. The van der Waals surface area contributed by atoms with E-state index in [4.69, 9.17) is 0 Å². The molecule has 18 aromatic rings. The van der Waals surface area contributed by atoms with Gasteiger partial charge in [0, 0.05) is 34.1 Å². The number of fused-ring (bicyclic) bond motifs is 11. The van der Waals surface area contributed by atoms with Crippen molar-refractivity contribution < 1.29 is 0 Å². The highest BCUT2D eigenvalue weighted by Crippen LogP contribution is 2.52. The predicted molar refractivity (Wildman–Crippen MR) is 403 cm³/mol. The van der Waals surface area contributed by atoms with E-state index in [1.807, 2.05) is 0 Å². The van der Waals surface area contributed by atoms with E-state index in [0.29, 0.717) is 0 Å². The molecule has 0 aliphatic heterocycles. The second-order valence-electron chi connectivity index (χ2n) is 24.8. The molecular weight excluding hydrogens is 1130 g/mol. The van der Waals surface area contributed by atoms with Crippen molar-refractivity contribution in [2.75, 3.05) is 9.80 Å². The average Bonchev–Trinajstić information content (AvgIpc) is 0.707. The van der Waals surface area contributed by atoms with Crippen LogP contribution in [0.4, 0.5) is 34.1 Å². The van der Waals surface area contributed by atoms with Crippen molar-refractivity contribution >= 4 is 120 Å². The van der Waals surface area contributed by atoms with Gasteiger partial charge in [-0.3, -0.25) is 0 Å². The zero-order valence-corrected chi connectivity index (χ0v) is 51.5. The fraction of sp³-hybridized carbons (Fsp3) is 0. The molecule has 94 heavy (non-hydrogen) atoms. The maximum absolute atomic E-state index is 2.50. The Kier molecular flexibility index (Phi) is 13.3. The summed E-state index contributed by atoms with van der Waals surface area (Å²) >= 11 is 0. The number of rotatable bonds is 11. The highest BCUT2D eigenvalue weighted by molar-refractivity contribution is 6.34. The first-order valence-electron chi connectivity index (χ1n) is 32.4. The van der Waals surface area contributed by atoms with Crippen molar-refractivity contribution in [3.05, 3.63) is 364 Å². The number of nitrogens with zero attached hydrogens (tertiary/aromatic N) is 2. The van der Waals surface area contributed by atoms with Crippen LogP contribution in [-0.2, 0) is 0 Å². The summed E-state index contributed by atoms with van der Waals surface area (Å²) in [7, 11) is 0. The molecule has 0 N–H and O–H groups in total. The van der Waals surface area contributed by atoms with Gasteiger partial charge >= 0.3 is 0 Å². The first kappa shape index (κ1) is 54.6. The van der Waals surface area contributed by atoms with Crippen LogP contribution in [-0.4, -0.2) is 0 Å². The van der Waals surface area contributed by atoms with Crippen LogP contribution < -0.4 is 9.80 Å². The third kappa shape index (κ3) is 9.59. The molecule has 0 atom stereocenters. The van der Waals surface area contributed by atoms with Gasteiger partial charge in [-0.15, -0.1) is 0 Å². The van der Waals surface area contributed by atoms with Gasteiger partial charge in [0.2, 0.25) is 0 Å². The van der Waals surface area contributed by atoms with Gasteiger partial charge < -0.3 is 9.80 Å². The van der Waals surface area contributed by atoms with Crippen molar-refractivity contribution in [3.8, 4) is 55.6 Å². The van der Waals surface area contributed by atoms with Crippen molar-refractivity contribution in [3.63, 3.8) is 0 Å². The van der Waals surface area contributed by atoms with Crippen LogP contribution >= 0.6 is 0 Å². The smallest absolute Gasteiger partial charge is 0.0468 e. The second-order valence-corrected chi connectivity index (χ2v) is 24.8. The minimum Gasteiger partial charge on any atom is -0.310 e. The van der Waals surface area contributed by atoms with E-state index in [-0.39, 0.29) is 0 Å². The van der Waals surface area contributed by atoms with E-state index in [9.17, 15) is 0 Å². The Hall–Kier alpha value is -12.4. The molecule has 438 valence electrons. The lowest BCUT2D eigenvalue weighted by molar-refractivity contribution is 1.29. The molecule has 0 aromatic heterocycles. The summed E-state index contributed by atoms with van der Waals surface area (Å²) < 4.78 is 0. The number of anilines is 6. The van der Waals surface area contributed by atoms with Gasteiger partial charge in [-0.1, -0.05) is 273 Å². The number of benzene rings is 18. The van der Waals surface area contributed by atoms with E-state index in [1.165, 1.54) is 120 Å². The standard InChI is InChI=1S/C92H60N2/c1-3-18-61(19-4-1)74-42-52-84-88(58-74)89-59-75(83-33-17-31-66-26-15-16-32-82(66)83)43-53-85(89)92-90(69-40-46-77(47-41-69)94(80-50-36-64-22-9-13-29-72(64)56-80)81-51-37-65-23-10-14-30-73(65)57-81)86(67-24-5-2-6-25-67)60-87(91(84)92)68-38-44-76(45-39-68)93(78-48-34-62-20-7-11-27-70(62)54-78)79-49-35-63-21-8-12-28-71(63)55-79/h1-60H. The Labute approximate surface area is 546 Å². The molecule has 0 aliphatic rings. The molecule has 2 heteroatoms. The normalized spacial score (nSPS) is 11.6. The third-order valence-electron chi connectivity index (χ3n) is 19.3. The van der Waals surface area contributed by atoms with Crippen LogP contribution in [0.1, 0.15) is 0 Å². The maximum atomic E-state index is 2.50. The molecule has 0 heterocycles. The number of hydrogen-bond acceptors (Lipinski definition) is 2. The monoisotopic (exact) mass is 1190 g/mol. The average molecular weight is 1190 g/mol. The summed E-state index contributed by atoms with van der Waals surface area (Å²) in [5.41, 5.74) is 18.2. The van der Waals surface area contributed by atoms with E-state index < -0.39 is 0 Å². The summed E-state index contributed by atoms with van der Waals surface area (Å²) in [6, 6.07) is 135. The van der Waals surface area contributed by atoms with Gasteiger partial charge in [0.15, 0.2) is 0 Å². The lowest BCUT2D eigenvalue weighted by Gasteiger charge is -2.27. The minimum absolute atomic E-state index is 1.07. The lowest BCUT2D eigenvalue weighted by atomic mass is 9.80. The largest absolute Gasteiger partial charge is 0.310 e. The summed E-state index contributed by atoms with van der Waals surface area (Å²) in [4.78, 5) is 4.82. The maximum Gasteiger partial charge on any atom is 0.0468 e. The Morgan fingerprint density at radius 1 is 0.149 bits per heavy atom. The van der Waals surface area contributed by atoms with Gasteiger partial charge in [-0.25, -0.2) is 0 Å². The fourth-order valence-electron chi connectivity index (χ4n) is 14.8. The van der Waals surface area contributed by atoms with E-state index in [1.54, 1.807) is 0 Å². The zero-order valence-electron chi connectivity index (χ0n) is 51.5. The van der Waals surface area contributed by atoms with Crippen LogP contribution in [0.15, 0.2) is 364 Å². The third-order valence-corrected chi connectivity index (χ3v) is 19.3. The van der Waals surface area contributed by atoms with Gasteiger partial charge in [-0.2, -0.15) is 0 Å². The first-order valence-corrected chi connectivity index (χ1v) is 32.4. The second kappa shape index (κ2) is 22.8. The van der Waals surface area contributed by atoms with Gasteiger partial charge in [0.25, 0.3) is 0 Å². The fourth-order valence-corrected chi connectivity index (χ4v) is 14.8. The molecule has 0 saturated carbocycles. The van der Waals surface area contributed by atoms with E-state index in [2.05, 4.69) is 374 Å². The SMILES string of the molecule is c1ccc(-c2ccc3c(c2)c2cc(-c4cccc5ccccc45)ccc2c2c(-c4ccc(N(c5ccc6ccccc6c5)c5ccc6ccccc6c5)cc4)c(-c4ccccc4)cc(-c4ccc(N(c5ccc6ccccc6c5)c5ccc6ccccc6c5)cc4)c32)cc1. The molecule has 0 saturated heterocycles. The topological polar surface area (TPSA) is 6.48 Å². The van der Waals surface area contributed by atoms with Gasteiger partial charge in [-0.05, 0) is 233 Å². The molecule has 0 amide bonds. The zero-order chi connectivity index (χ0) is 62.1. The Bertz CT molecular complexity index is 5810. The van der Waals surface area contributed by atoms with E-state index >= 15 is 0 Å². The molecule has 18 rings (SSSR count). The molecule has 18 aromatic carbocycles. The molecule has 0 aliphatic carbocycles. The molecule has 0 radical (unpaired) electrons. The van der Waals surface area contributed by atoms with Crippen molar-refractivity contribution in [2.24, 2.45) is 0 Å². The predicted octanol–water partition coefficient (Wildman–Crippen LogP) is 26.2. The Morgan fingerprint density at radius 2 is 0.511 bits per heavy atom. The molecule has 0 bridgehead atoms. The van der Waals surface area contributed by atoms with Gasteiger partial charge in [0.1, 0.15) is 0 Å². The van der Waals surface area contributed by atoms with Crippen LogP contribution in [0.25, 0.3) is 142 Å². The summed E-state index contributed by atoms with van der Waals surface area (Å²) in [6.45, 7) is 0. The van der Waals surface area contributed by atoms with Crippen molar-refractivity contribution in [1.29, 1.82) is 0 Å². The van der Waals surface area contributed by atoms with E-state index in [0.717, 1.165) is 56.4 Å². The summed E-state index contributed by atoms with van der Waals surface area (Å²) in [5, 5.41) is 19.3. The quantitative estimate of drug-likeness (QED) is 0.119. The van der Waals surface area contributed by atoms with Crippen molar-refractivity contribution in [1.82, 2.24) is 0 Å². The Balaban J connectivity index is 0.905. The number of hydrogen-bond donors (Lipinski definition) is 0. The van der Waals surface area contributed by atoms with Crippen LogP contribution in [0.5, 0.6) is 0 Å². The molecule has 2 nitrogen and oxygen atoms in total. The minimum atomic E-state index is 1.07. The summed E-state index contributed by atoms with van der Waals surface area (Å²) in [5.74, 6) is 0. The van der Waals surface area contributed by atoms with Crippen LogP contribution in [0, 0.1) is 0 Å². The highest BCUT2D eigenvalue weighted by Gasteiger charge is 2.25. The molecule has 0 unspecified atom stereocenters. The van der Waals surface area contributed by atoms with Crippen LogP contribution in [0.3, 0.4) is 0 Å². The van der Waals surface area contributed by atoms with Gasteiger partial charge in [0.05, 0.1) is 0 Å². The molecule has 0 fully saturated rings. The lowest BCUT2D eigenvalue weighted by Crippen LogP contribution is -2.10.